The van der Waals surface area contributed by atoms with Crippen LogP contribution in [0.15, 0.2) is 30.6 Å². The topological polar surface area (TPSA) is 39.2 Å². The number of esters is 1. The Morgan fingerprint density at radius 2 is 2.20 bits per heavy atom. The van der Waals surface area contributed by atoms with Crippen LogP contribution >= 0.6 is 0 Å². The number of halogens is 1. The predicted molar refractivity (Wildman–Crippen MR) is 53.0 cm³/mol. The van der Waals surface area contributed by atoms with E-state index in [4.69, 9.17) is 0 Å². The van der Waals surface area contributed by atoms with E-state index < -0.39 is 11.8 Å². The molecule has 0 saturated heterocycles. The Hall–Kier alpha value is -1.97. The van der Waals surface area contributed by atoms with Crippen molar-refractivity contribution < 1.29 is 13.9 Å². The normalized spacial score (nSPS) is 10.3. The zero-order valence-corrected chi connectivity index (χ0v) is 8.03. The minimum Gasteiger partial charge on any atom is -0.465 e. The standard InChI is InChI=1S/C11H8FNO2/c1-15-11(14)9-4-7-2-3-13-6-8(7)5-10(9)12/h2-6H,1H3. The molecule has 0 aliphatic rings. The Morgan fingerprint density at radius 3 is 2.93 bits per heavy atom. The molecular formula is C11H8FNO2. The molecule has 0 bridgehead atoms. The lowest BCUT2D eigenvalue weighted by molar-refractivity contribution is 0.0596. The SMILES string of the molecule is COC(=O)c1cc2ccncc2cc1F. The van der Waals surface area contributed by atoms with Crippen LogP contribution in [0.2, 0.25) is 0 Å². The van der Waals surface area contributed by atoms with Gasteiger partial charge in [0.15, 0.2) is 0 Å². The van der Waals surface area contributed by atoms with Gasteiger partial charge in [0.25, 0.3) is 0 Å². The quantitative estimate of drug-likeness (QED) is 0.669. The van der Waals surface area contributed by atoms with E-state index in [1.54, 1.807) is 18.5 Å². The molecule has 0 aliphatic heterocycles. The van der Waals surface area contributed by atoms with Crippen molar-refractivity contribution in [2.75, 3.05) is 7.11 Å². The molecule has 1 aromatic carbocycles. The third-order valence-electron chi connectivity index (χ3n) is 2.13. The number of hydrogen-bond donors (Lipinski definition) is 0. The summed E-state index contributed by atoms with van der Waals surface area (Å²) in [5.41, 5.74) is -0.0591. The van der Waals surface area contributed by atoms with Gasteiger partial charge in [0, 0.05) is 17.8 Å². The Bertz CT molecular complexity index is 525. The number of methoxy groups -OCH3 is 1. The van der Waals surface area contributed by atoms with E-state index in [1.807, 2.05) is 0 Å². The number of rotatable bonds is 1. The molecule has 76 valence electrons. The number of nitrogens with zero attached hydrogens (tertiary/aromatic N) is 1. The van der Waals surface area contributed by atoms with Gasteiger partial charge in [-0.1, -0.05) is 0 Å². The number of ether oxygens (including phenoxy) is 1. The summed E-state index contributed by atoms with van der Waals surface area (Å²) >= 11 is 0. The van der Waals surface area contributed by atoms with Crippen molar-refractivity contribution in [3.8, 4) is 0 Å². The number of pyridine rings is 1. The third-order valence-corrected chi connectivity index (χ3v) is 2.13. The molecule has 4 heteroatoms. The molecule has 0 radical (unpaired) electrons. The zero-order chi connectivity index (χ0) is 10.8. The van der Waals surface area contributed by atoms with Gasteiger partial charge in [0.05, 0.1) is 12.7 Å². The average molecular weight is 205 g/mol. The predicted octanol–water partition coefficient (Wildman–Crippen LogP) is 2.16. The van der Waals surface area contributed by atoms with Gasteiger partial charge in [0.1, 0.15) is 5.82 Å². The van der Waals surface area contributed by atoms with Gasteiger partial charge in [0.2, 0.25) is 0 Å². The Balaban J connectivity index is 2.67. The van der Waals surface area contributed by atoms with Crippen LogP contribution in [0, 0.1) is 5.82 Å². The van der Waals surface area contributed by atoms with Crippen LogP contribution in [-0.4, -0.2) is 18.1 Å². The summed E-state index contributed by atoms with van der Waals surface area (Å²) in [5.74, 6) is -1.27. The molecule has 0 atom stereocenters. The van der Waals surface area contributed by atoms with Gasteiger partial charge in [-0.15, -0.1) is 0 Å². The first-order valence-corrected chi connectivity index (χ1v) is 4.34. The molecule has 0 unspecified atom stereocenters. The molecule has 0 N–H and O–H groups in total. The van der Waals surface area contributed by atoms with Gasteiger partial charge in [-0.3, -0.25) is 4.98 Å². The van der Waals surface area contributed by atoms with E-state index in [1.165, 1.54) is 19.2 Å². The fraction of sp³-hybridized carbons (Fsp3) is 0.0909. The Morgan fingerprint density at radius 1 is 1.40 bits per heavy atom. The largest absolute Gasteiger partial charge is 0.465 e. The van der Waals surface area contributed by atoms with E-state index in [0.717, 1.165) is 5.39 Å². The average Bonchev–Trinajstić information content (AvgIpc) is 2.27. The monoisotopic (exact) mass is 205 g/mol. The summed E-state index contributed by atoms with van der Waals surface area (Å²) in [4.78, 5) is 15.1. The maximum atomic E-state index is 13.4. The van der Waals surface area contributed by atoms with Gasteiger partial charge >= 0.3 is 5.97 Å². The smallest absolute Gasteiger partial charge is 0.340 e. The van der Waals surface area contributed by atoms with Crippen molar-refractivity contribution in [2.24, 2.45) is 0 Å². The molecule has 15 heavy (non-hydrogen) atoms. The first kappa shape index (κ1) is 9.58. The molecule has 0 aliphatic carbocycles. The second kappa shape index (κ2) is 3.65. The molecule has 0 saturated carbocycles. The van der Waals surface area contributed by atoms with Crippen LogP contribution < -0.4 is 0 Å². The Labute approximate surface area is 85.5 Å². The lowest BCUT2D eigenvalue weighted by atomic mass is 10.1. The second-order valence-electron chi connectivity index (χ2n) is 3.05. The number of carbonyl (C=O) groups excluding carboxylic acids is 1. The number of fused-ring (bicyclic) bond motifs is 1. The maximum absolute atomic E-state index is 13.4. The van der Waals surface area contributed by atoms with Crippen molar-refractivity contribution in [3.63, 3.8) is 0 Å². The lowest BCUT2D eigenvalue weighted by Gasteiger charge is -2.03. The van der Waals surface area contributed by atoms with Crippen LogP contribution in [0.25, 0.3) is 10.8 Å². The zero-order valence-electron chi connectivity index (χ0n) is 8.03. The summed E-state index contributed by atoms with van der Waals surface area (Å²) in [6, 6.07) is 4.44. The number of benzene rings is 1. The molecule has 2 aromatic rings. The van der Waals surface area contributed by atoms with Crippen LogP contribution in [-0.2, 0) is 4.74 Å². The summed E-state index contributed by atoms with van der Waals surface area (Å²) < 4.78 is 17.9. The Kier molecular flexibility index (Phi) is 2.33. The minimum atomic E-state index is -0.675. The summed E-state index contributed by atoms with van der Waals surface area (Å²) in [7, 11) is 1.22. The highest BCUT2D eigenvalue weighted by molar-refractivity contribution is 5.95. The van der Waals surface area contributed by atoms with E-state index in [2.05, 4.69) is 9.72 Å². The van der Waals surface area contributed by atoms with E-state index in [9.17, 15) is 9.18 Å². The highest BCUT2D eigenvalue weighted by Gasteiger charge is 2.12. The second-order valence-corrected chi connectivity index (χ2v) is 3.05. The van der Waals surface area contributed by atoms with Crippen molar-refractivity contribution in [2.45, 2.75) is 0 Å². The fourth-order valence-corrected chi connectivity index (χ4v) is 1.37. The molecule has 0 fully saturated rings. The highest BCUT2D eigenvalue weighted by atomic mass is 19.1. The van der Waals surface area contributed by atoms with E-state index >= 15 is 0 Å². The molecule has 1 heterocycles. The van der Waals surface area contributed by atoms with Crippen molar-refractivity contribution in [1.29, 1.82) is 0 Å². The fourth-order valence-electron chi connectivity index (χ4n) is 1.37. The van der Waals surface area contributed by atoms with Crippen LogP contribution in [0.3, 0.4) is 0 Å². The van der Waals surface area contributed by atoms with Crippen LogP contribution in [0.4, 0.5) is 4.39 Å². The molecule has 0 spiro atoms. The first-order chi connectivity index (χ1) is 7.22. The van der Waals surface area contributed by atoms with E-state index in [-0.39, 0.29) is 5.56 Å². The first-order valence-electron chi connectivity index (χ1n) is 4.34. The van der Waals surface area contributed by atoms with Crippen LogP contribution in [0.5, 0.6) is 0 Å². The van der Waals surface area contributed by atoms with Gasteiger partial charge < -0.3 is 4.74 Å². The summed E-state index contributed by atoms with van der Waals surface area (Å²) in [6.07, 6.45) is 3.13. The molecule has 0 amide bonds. The minimum absolute atomic E-state index is 0.0591. The molecule has 2 rings (SSSR count). The van der Waals surface area contributed by atoms with Gasteiger partial charge in [-0.05, 0) is 23.6 Å². The maximum Gasteiger partial charge on any atom is 0.340 e. The van der Waals surface area contributed by atoms with Crippen molar-refractivity contribution in [3.05, 3.63) is 42.0 Å². The molecule has 3 nitrogen and oxygen atoms in total. The molecule has 1 aromatic heterocycles. The van der Waals surface area contributed by atoms with Crippen LogP contribution in [0.1, 0.15) is 10.4 Å². The summed E-state index contributed by atoms with van der Waals surface area (Å²) in [5, 5.41) is 1.41. The number of hydrogen-bond acceptors (Lipinski definition) is 3. The van der Waals surface area contributed by atoms with Gasteiger partial charge in [-0.2, -0.15) is 0 Å². The van der Waals surface area contributed by atoms with E-state index in [0.29, 0.717) is 5.39 Å². The lowest BCUT2D eigenvalue weighted by Crippen LogP contribution is -2.04. The molecular weight excluding hydrogens is 197 g/mol. The highest BCUT2D eigenvalue weighted by Crippen LogP contribution is 2.18. The number of carbonyl (C=O) groups is 1. The third kappa shape index (κ3) is 1.66. The van der Waals surface area contributed by atoms with Gasteiger partial charge in [-0.25, -0.2) is 9.18 Å². The number of aromatic nitrogens is 1. The summed E-state index contributed by atoms with van der Waals surface area (Å²) in [6.45, 7) is 0. The van der Waals surface area contributed by atoms with Crippen molar-refractivity contribution in [1.82, 2.24) is 4.98 Å². The van der Waals surface area contributed by atoms with Crippen molar-refractivity contribution >= 4 is 16.7 Å².